The second-order valence-electron chi connectivity index (χ2n) is 3.92. The van der Waals surface area contributed by atoms with E-state index in [9.17, 15) is 4.79 Å². The molecule has 0 saturated heterocycles. The van der Waals surface area contributed by atoms with Gasteiger partial charge in [-0.25, -0.2) is 0 Å². The van der Waals surface area contributed by atoms with E-state index in [2.05, 4.69) is 11.8 Å². The molecular formula is C13H12O2. The van der Waals surface area contributed by atoms with Crippen molar-refractivity contribution in [2.75, 3.05) is 0 Å². The Balaban J connectivity index is 2.01. The van der Waals surface area contributed by atoms with E-state index in [0.717, 1.165) is 5.56 Å². The molecular weight excluding hydrogens is 188 g/mol. The molecule has 2 heteroatoms. The first-order chi connectivity index (χ1) is 7.16. The van der Waals surface area contributed by atoms with E-state index in [1.54, 1.807) is 0 Å². The van der Waals surface area contributed by atoms with Crippen LogP contribution in [0, 0.1) is 30.6 Å². The fourth-order valence-electron chi connectivity index (χ4n) is 1.44. The van der Waals surface area contributed by atoms with E-state index in [0.29, 0.717) is 6.42 Å². The number of carbonyl (C=O) groups is 1. The van der Waals surface area contributed by atoms with Gasteiger partial charge in [-0.2, -0.15) is 0 Å². The van der Waals surface area contributed by atoms with Crippen molar-refractivity contribution in [2.24, 2.45) is 11.8 Å². The van der Waals surface area contributed by atoms with Gasteiger partial charge in [-0.05, 0) is 25.5 Å². The zero-order valence-corrected chi connectivity index (χ0v) is 8.53. The quantitative estimate of drug-likeness (QED) is 0.704. The van der Waals surface area contributed by atoms with Gasteiger partial charge in [0.2, 0.25) is 0 Å². The van der Waals surface area contributed by atoms with Gasteiger partial charge in [0.15, 0.2) is 0 Å². The normalized spacial score (nSPS) is 22.7. The Morgan fingerprint density at radius 1 is 1.40 bits per heavy atom. The SMILES string of the molecule is Cc1ccc(C#C[C@H]2C[C@@H]2C(=O)O)cc1. The third-order valence-electron chi connectivity index (χ3n) is 2.56. The molecule has 1 aromatic carbocycles. The number of carboxylic acid groups (broad SMARTS) is 1. The average Bonchev–Trinajstić information content (AvgIpc) is 2.96. The number of hydrogen-bond acceptors (Lipinski definition) is 1. The van der Waals surface area contributed by atoms with Crippen LogP contribution >= 0.6 is 0 Å². The lowest BCUT2D eigenvalue weighted by Crippen LogP contribution is -1.98. The molecule has 0 spiro atoms. The summed E-state index contributed by atoms with van der Waals surface area (Å²) in [7, 11) is 0. The van der Waals surface area contributed by atoms with Gasteiger partial charge in [0.25, 0.3) is 0 Å². The van der Waals surface area contributed by atoms with Crippen LogP contribution in [0.4, 0.5) is 0 Å². The summed E-state index contributed by atoms with van der Waals surface area (Å²) >= 11 is 0. The highest BCUT2D eigenvalue weighted by Gasteiger charge is 2.42. The highest BCUT2D eigenvalue weighted by molar-refractivity contribution is 5.74. The summed E-state index contributed by atoms with van der Waals surface area (Å²) in [6.45, 7) is 2.03. The summed E-state index contributed by atoms with van der Waals surface area (Å²) < 4.78 is 0. The third kappa shape index (κ3) is 2.38. The molecule has 0 radical (unpaired) electrons. The van der Waals surface area contributed by atoms with Crippen LogP contribution in [0.15, 0.2) is 24.3 Å². The average molecular weight is 200 g/mol. The molecule has 2 rings (SSSR count). The maximum Gasteiger partial charge on any atom is 0.307 e. The predicted molar refractivity (Wildman–Crippen MR) is 57.3 cm³/mol. The Morgan fingerprint density at radius 2 is 2.07 bits per heavy atom. The van der Waals surface area contributed by atoms with Gasteiger partial charge in [0.05, 0.1) is 5.92 Å². The molecule has 1 fully saturated rings. The molecule has 2 atom stereocenters. The molecule has 0 aliphatic heterocycles. The van der Waals surface area contributed by atoms with Crippen molar-refractivity contribution in [3.05, 3.63) is 35.4 Å². The minimum absolute atomic E-state index is 0.0591. The molecule has 1 aliphatic carbocycles. The van der Waals surface area contributed by atoms with Crippen molar-refractivity contribution in [2.45, 2.75) is 13.3 Å². The van der Waals surface area contributed by atoms with Crippen molar-refractivity contribution in [3.8, 4) is 11.8 Å². The highest BCUT2D eigenvalue weighted by atomic mass is 16.4. The van der Waals surface area contributed by atoms with Crippen molar-refractivity contribution >= 4 is 5.97 Å². The summed E-state index contributed by atoms with van der Waals surface area (Å²) in [6.07, 6.45) is 0.703. The van der Waals surface area contributed by atoms with Crippen molar-refractivity contribution in [1.82, 2.24) is 0 Å². The van der Waals surface area contributed by atoms with Gasteiger partial charge in [-0.3, -0.25) is 4.79 Å². The second-order valence-corrected chi connectivity index (χ2v) is 3.92. The first kappa shape index (κ1) is 9.79. The Bertz CT molecular complexity index is 434. The number of hydrogen-bond donors (Lipinski definition) is 1. The molecule has 76 valence electrons. The van der Waals surface area contributed by atoms with Gasteiger partial charge in [0.1, 0.15) is 0 Å². The number of rotatable bonds is 1. The smallest absolute Gasteiger partial charge is 0.307 e. The molecule has 0 heterocycles. The maximum absolute atomic E-state index is 10.6. The number of carboxylic acids is 1. The van der Waals surface area contributed by atoms with E-state index in [4.69, 9.17) is 5.11 Å². The Kier molecular flexibility index (Phi) is 2.47. The van der Waals surface area contributed by atoms with Gasteiger partial charge in [-0.1, -0.05) is 29.5 Å². The van der Waals surface area contributed by atoms with Crippen molar-refractivity contribution < 1.29 is 9.90 Å². The number of aliphatic carboxylic acids is 1. The van der Waals surface area contributed by atoms with E-state index in [1.165, 1.54) is 5.56 Å². The largest absolute Gasteiger partial charge is 0.481 e. The van der Waals surface area contributed by atoms with Gasteiger partial charge >= 0.3 is 5.97 Å². The van der Waals surface area contributed by atoms with E-state index in [-0.39, 0.29) is 11.8 Å². The molecule has 0 amide bonds. The van der Waals surface area contributed by atoms with E-state index >= 15 is 0 Å². The third-order valence-corrected chi connectivity index (χ3v) is 2.56. The summed E-state index contributed by atoms with van der Waals surface area (Å²) in [5, 5.41) is 8.69. The Labute approximate surface area is 88.9 Å². The number of benzene rings is 1. The minimum Gasteiger partial charge on any atom is -0.481 e. The highest BCUT2D eigenvalue weighted by Crippen LogP contribution is 2.37. The fourth-order valence-corrected chi connectivity index (χ4v) is 1.44. The minimum atomic E-state index is -0.724. The molecule has 0 unspecified atom stereocenters. The van der Waals surface area contributed by atoms with Crippen LogP contribution in [0.25, 0.3) is 0 Å². The van der Waals surface area contributed by atoms with E-state index in [1.807, 2.05) is 31.2 Å². The number of aryl methyl sites for hydroxylation is 1. The van der Waals surface area contributed by atoms with Crippen LogP contribution in [0.3, 0.4) is 0 Å². The standard InChI is InChI=1S/C13H12O2/c1-9-2-4-10(5-3-9)6-7-11-8-12(11)13(14)15/h2-5,11-12H,8H2,1H3,(H,14,15)/t11-,12-/m0/s1. The Hall–Kier alpha value is -1.75. The van der Waals surface area contributed by atoms with E-state index < -0.39 is 5.97 Å². The molecule has 1 saturated carbocycles. The molecule has 1 aliphatic rings. The molecule has 0 bridgehead atoms. The summed E-state index contributed by atoms with van der Waals surface area (Å²) in [4.78, 5) is 10.6. The zero-order valence-electron chi connectivity index (χ0n) is 8.53. The maximum atomic E-state index is 10.6. The first-order valence-corrected chi connectivity index (χ1v) is 4.98. The lowest BCUT2D eigenvalue weighted by Gasteiger charge is -1.91. The zero-order chi connectivity index (χ0) is 10.8. The summed E-state index contributed by atoms with van der Waals surface area (Å²) in [6, 6.07) is 7.93. The molecule has 2 nitrogen and oxygen atoms in total. The van der Waals surface area contributed by atoms with Gasteiger partial charge in [-0.15, -0.1) is 0 Å². The molecule has 1 aromatic rings. The fraction of sp³-hybridized carbons (Fsp3) is 0.308. The molecule has 15 heavy (non-hydrogen) atoms. The van der Waals surface area contributed by atoms with Crippen LogP contribution in [0.1, 0.15) is 17.5 Å². The monoisotopic (exact) mass is 200 g/mol. The van der Waals surface area contributed by atoms with Crippen LogP contribution in [0.2, 0.25) is 0 Å². The predicted octanol–water partition coefficient (Wildman–Crippen LogP) is 2.07. The van der Waals surface area contributed by atoms with Crippen LogP contribution in [-0.4, -0.2) is 11.1 Å². The van der Waals surface area contributed by atoms with Gasteiger partial charge in [0, 0.05) is 11.5 Å². The first-order valence-electron chi connectivity index (χ1n) is 4.98. The summed E-state index contributed by atoms with van der Waals surface area (Å²) in [5.41, 5.74) is 2.16. The van der Waals surface area contributed by atoms with Crippen molar-refractivity contribution in [3.63, 3.8) is 0 Å². The van der Waals surface area contributed by atoms with Crippen LogP contribution in [0.5, 0.6) is 0 Å². The van der Waals surface area contributed by atoms with Gasteiger partial charge < -0.3 is 5.11 Å². The lowest BCUT2D eigenvalue weighted by atomic mass is 10.1. The molecule has 1 N–H and O–H groups in total. The topological polar surface area (TPSA) is 37.3 Å². The van der Waals surface area contributed by atoms with Crippen LogP contribution in [-0.2, 0) is 4.79 Å². The van der Waals surface area contributed by atoms with Crippen LogP contribution < -0.4 is 0 Å². The lowest BCUT2D eigenvalue weighted by molar-refractivity contribution is -0.138. The van der Waals surface area contributed by atoms with Crippen molar-refractivity contribution in [1.29, 1.82) is 0 Å². The second kappa shape index (κ2) is 3.78. The molecule has 0 aromatic heterocycles. The summed E-state index contributed by atoms with van der Waals surface area (Å²) in [5.74, 6) is 5.10. The Morgan fingerprint density at radius 3 is 2.60 bits per heavy atom.